The largest absolute Gasteiger partial charge is 0.281 e. The molecule has 0 atom stereocenters. The topological polar surface area (TPSA) is 79.0 Å². The molecule has 102 valence electrons. The third-order valence-electron chi connectivity index (χ3n) is 2.82. The average molecular weight is 280 g/mol. The van der Waals surface area contributed by atoms with E-state index in [0.717, 1.165) is 0 Å². The van der Waals surface area contributed by atoms with Crippen LogP contribution in [0.4, 0.5) is 0 Å². The highest BCUT2D eigenvalue weighted by Crippen LogP contribution is 2.19. The zero-order chi connectivity index (χ0) is 13.9. The van der Waals surface area contributed by atoms with Gasteiger partial charge in [-0.2, -0.15) is 9.40 Å². The maximum absolute atomic E-state index is 12.5. The van der Waals surface area contributed by atoms with Crippen molar-refractivity contribution in [2.45, 2.75) is 25.3 Å². The summed E-state index contributed by atoms with van der Waals surface area (Å²) in [4.78, 5) is 4.37. The molecule has 7 heteroatoms. The molecule has 0 spiro atoms. The number of nitrogens with zero attached hydrogens (tertiary/aromatic N) is 3. The summed E-state index contributed by atoms with van der Waals surface area (Å²) in [5.74, 6) is 0. The quantitative estimate of drug-likeness (QED) is 0.896. The van der Waals surface area contributed by atoms with Crippen molar-refractivity contribution < 1.29 is 8.42 Å². The number of aromatic amines is 1. The van der Waals surface area contributed by atoms with Crippen LogP contribution in [0.1, 0.15) is 18.3 Å². The molecule has 0 aliphatic heterocycles. The third kappa shape index (κ3) is 2.82. The van der Waals surface area contributed by atoms with Crippen LogP contribution in [0, 0.1) is 6.92 Å². The van der Waals surface area contributed by atoms with Gasteiger partial charge in [-0.1, -0.05) is 13.0 Å². The summed E-state index contributed by atoms with van der Waals surface area (Å²) in [5.41, 5.74) is 1.26. The lowest BCUT2D eigenvalue weighted by Crippen LogP contribution is -2.31. The number of H-pyrrole nitrogens is 1. The lowest BCUT2D eigenvalue weighted by molar-refractivity contribution is 0.419. The van der Waals surface area contributed by atoms with E-state index in [9.17, 15) is 8.42 Å². The molecular formula is C12H16N4O2S. The van der Waals surface area contributed by atoms with Crippen molar-refractivity contribution in [3.8, 4) is 0 Å². The molecule has 0 saturated heterocycles. The van der Waals surface area contributed by atoms with Gasteiger partial charge in [-0.15, -0.1) is 0 Å². The fraction of sp³-hybridized carbons (Fsp3) is 0.333. The molecule has 0 aliphatic rings. The molecule has 2 rings (SSSR count). The molecule has 0 amide bonds. The molecule has 0 aliphatic carbocycles. The Balaban J connectivity index is 2.30. The first-order chi connectivity index (χ1) is 9.05. The standard InChI is InChI=1S/C12H16N4O2S/c1-3-16(9-11-6-4-5-7-13-11)19(17,18)12-8-14-15-10(12)2/h4-8H,3,9H2,1-2H3,(H,14,15). The Kier molecular flexibility index (Phi) is 3.96. The first-order valence-electron chi connectivity index (χ1n) is 5.95. The fourth-order valence-corrected chi connectivity index (χ4v) is 3.32. The van der Waals surface area contributed by atoms with Crippen molar-refractivity contribution in [3.63, 3.8) is 0 Å². The molecule has 0 saturated carbocycles. The third-order valence-corrected chi connectivity index (χ3v) is 4.85. The maximum atomic E-state index is 12.5. The van der Waals surface area contributed by atoms with Gasteiger partial charge in [0.25, 0.3) is 0 Å². The summed E-state index contributed by atoms with van der Waals surface area (Å²) in [6.07, 6.45) is 2.99. The molecule has 19 heavy (non-hydrogen) atoms. The van der Waals surface area contributed by atoms with Crippen LogP contribution in [0.5, 0.6) is 0 Å². The number of rotatable bonds is 5. The Bertz CT molecular complexity index is 637. The molecule has 0 radical (unpaired) electrons. The van der Waals surface area contributed by atoms with E-state index in [-0.39, 0.29) is 11.4 Å². The molecule has 1 N–H and O–H groups in total. The summed E-state index contributed by atoms with van der Waals surface area (Å²) in [7, 11) is -3.54. The summed E-state index contributed by atoms with van der Waals surface area (Å²) < 4.78 is 26.4. The van der Waals surface area contributed by atoms with Crippen molar-refractivity contribution in [3.05, 3.63) is 42.0 Å². The van der Waals surface area contributed by atoms with Gasteiger partial charge in [0.1, 0.15) is 4.90 Å². The van der Waals surface area contributed by atoms with Gasteiger partial charge in [-0.3, -0.25) is 10.1 Å². The Labute approximate surface area is 112 Å². The number of aryl methyl sites for hydroxylation is 1. The molecule has 0 unspecified atom stereocenters. The Morgan fingerprint density at radius 2 is 2.16 bits per heavy atom. The zero-order valence-electron chi connectivity index (χ0n) is 10.9. The number of hydrogen-bond donors (Lipinski definition) is 1. The van der Waals surface area contributed by atoms with Crippen LogP contribution in [0.2, 0.25) is 0 Å². The Hall–Kier alpha value is -1.73. The second-order valence-corrected chi connectivity index (χ2v) is 6.02. The highest BCUT2D eigenvalue weighted by Gasteiger charge is 2.26. The van der Waals surface area contributed by atoms with Gasteiger partial charge in [0.2, 0.25) is 10.0 Å². The van der Waals surface area contributed by atoms with Crippen LogP contribution in [-0.2, 0) is 16.6 Å². The van der Waals surface area contributed by atoms with Crippen LogP contribution in [0.3, 0.4) is 0 Å². The smallest absolute Gasteiger partial charge is 0.246 e. The minimum Gasteiger partial charge on any atom is -0.281 e. The van der Waals surface area contributed by atoms with Crippen molar-refractivity contribution >= 4 is 10.0 Å². The van der Waals surface area contributed by atoms with E-state index >= 15 is 0 Å². The summed E-state index contributed by atoms with van der Waals surface area (Å²) in [6.45, 7) is 4.12. The van der Waals surface area contributed by atoms with E-state index in [1.165, 1.54) is 10.5 Å². The number of sulfonamides is 1. The van der Waals surface area contributed by atoms with Gasteiger partial charge in [0.15, 0.2) is 0 Å². The van der Waals surface area contributed by atoms with Gasteiger partial charge in [0.05, 0.1) is 24.1 Å². The van der Waals surface area contributed by atoms with Crippen molar-refractivity contribution in [2.24, 2.45) is 0 Å². The van der Waals surface area contributed by atoms with Crippen LogP contribution >= 0.6 is 0 Å². The number of hydrogen-bond acceptors (Lipinski definition) is 4. The van der Waals surface area contributed by atoms with Crippen LogP contribution in [-0.4, -0.2) is 34.4 Å². The van der Waals surface area contributed by atoms with Crippen LogP contribution in [0.15, 0.2) is 35.5 Å². The molecule has 2 aromatic heterocycles. The van der Waals surface area contributed by atoms with E-state index in [2.05, 4.69) is 15.2 Å². The van der Waals surface area contributed by atoms with Gasteiger partial charge in [0, 0.05) is 12.7 Å². The van der Waals surface area contributed by atoms with E-state index in [1.807, 2.05) is 6.07 Å². The molecule has 6 nitrogen and oxygen atoms in total. The molecule has 0 bridgehead atoms. The highest BCUT2D eigenvalue weighted by atomic mass is 32.2. The zero-order valence-corrected chi connectivity index (χ0v) is 11.7. The summed E-state index contributed by atoms with van der Waals surface area (Å²) in [6, 6.07) is 5.45. The van der Waals surface area contributed by atoms with E-state index in [1.54, 1.807) is 32.2 Å². The number of aromatic nitrogens is 3. The van der Waals surface area contributed by atoms with E-state index < -0.39 is 10.0 Å². The van der Waals surface area contributed by atoms with Crippen molar-refractivity contribution in [1.82, 2.24) is 19.5 Å². The van der Waals surface area contributed by atoms with Crippen LogP contribution < -0.4 is 0 Å². The molecule has 0 aromatic carbocycles. The predicted octanol–water partition coefficient (Wildman–Crippen LogP) is 1.32. The van der Waals surface area contributed by atoms with E-state index in [0.29, 0.717) is 17.9 Å². The van der Waals surface area contributed by atoms with Gasteiger partial charge < -0.3 is 0 Å². The maximum Gasteiger partial charge on any atom is 0.246 e. The highest BCUT2D eigenvalue weighted by molar-refractivity contribution is 7.89. The molecule has 0 fully saturated rings. The average Bonchev–Trinajstić information content (AvgIpc) is 2.84. The minimum absolute atomic E-state index is 0.213. The first kappa shape index (κ1) is 13.7. The number of pyridine rings is 1. The van der Waals surface area contributed by atoms with E-state index in [4.69, 9.17) is 0 Å². The lowest BCUT2D eigenvalue weighted by Gasteiger charge is -2.19. The van der Waals surface area contributed by atoms with Gasteiger partial charge >= 0.3 is 0 Å². The fourth-order valence-electron chi connectivity index (χ4n) is 1.78. The first-order valence-corrected chi connectivity index (χ1v) is 7.39. The van der Waals surface area contributed by atoms with Crippen LogP contribution in [0.25, 0.3) is 0 Å². The Morgan fingerprint density at radius 3 is 2.68 bits per heavy atom. The second kappa shape index (κ2) is 5.50. The van der Waals surface area contributed by atoms with Crippen molar-refractivity contribution in [2.75, 3.05) is 6.54 Å². The van der Waals surface area contributed by atoms with Crippen molar-refractivity contribution in [1.29, 1.82) is 0 Å². The monoisotopic (exact) mass is 280 g/mol. The van der Waals surface area contributed by atoms with Gasteiger partial charge in [-0.25, -0.2) is 8.42 Å². The van der Waals surface area contributed by atoms with Gasteiger partial charge in [-0.05, 0) is 19.1 Å². The summed E-state index contributed by atoms with van der Waals surface area (Å²) >= 11 is 0. The molecular weight excluding hydrogens is 264 g/mol. The predicted molar refractivity (Wildman–Crippen MR) is 70.8 cm³/mol. The second-order valence-electron chi connectivity index (χ2n) is 4.11. The molecule has 2 aromatic rings. The minimum atomic E-state index is -3.54. The Morgan fingerprint density at radius 1 is 1.37 bits per heavy atom. The normalized spacial score (nSPS) is 11.9. The number of nitrogens with one attached hydrogen (secondary N) is 1. The SMILES string of the molecule is CCN(Cc1ccccn1)S(=O)(=O)c1cn[nH]c1C. The molecule has 2 heterocycles. The lowest BCUT2D eigenvalue weighted by atomic mass is 10.3. The summed E-state index contributed by atoms with van der Waals surface area (Å²) in [5, 5.41) is 6.41.